The molecule has 0 aromatic carbocycles. The summed E-state index contributed by atoms with van der Waals surface area (Å²) in [5.74, 6) is 3.94. The van der Waals surface area contributed by atoms with Crippen LogP contribution >= 0.6 is 0 Å². The number of hydrogen-bond acceptors (Lipinski definition) is 6. The molecule has 4 rings (SSSR count). The van der Waals surface area contributed by atoms with Gasteiger partial charge in [-0.2, -0.15) is 5.10 Å². The first-order valence-corrected chi connectivity index (χ1v) is 10.2. The zero-order valence-corrected chi connectivity index (χ0v) is 17.1. The van der Waals surface area contributed by atoms with Crippen molar-refractivity contribution < 1.29 is 9.47 Å². The second-order valence-corrected chi connectivity index (χ2v) is 7.62. The Morgan fingerprint density at radius 2 is 2.24 bits per heavy atom. The van der Waals surface area contributed by atoms with Crippen LogP contribution in [0.2, 0.25) is 0 Å². The summed E-state index contributed by atoms with van der Waals surface area (Å²) in [5, 5.41) is 11.4. The molecule has 0 bridgehead atoms. The number of rotatable bonds is 8. The number of aliphatic imine (C=N–C) groups is 1. The molecule has 0 saturated heterocycles. The van der Waals surface area contributed by atoms with Crippen molar-refractivity contribution in [1.29, 1.82) is 0 Å². The molecule has 2 aliphatic rings. The van der Waals surface area contributed by atoms with E-state index in [4.69, 9.17) is 9.47 Å². The Labute approximate surface area is 170 Å². The molecule has 0 spiro atoms. The monoisotopic (exact) mass is 399 g/mol. The topological polar surface area (TPSA) is 98.5 Å². The third kappa shape index (κ3) is 5.44. The first-order valence-electron chi connectivity index (χ1n) is 10.2. The maximum absolute atomic E-state index is 5.77. The number of nitrogens with one attached hydrogen (secondary N) is 2. The molecule has 2 N–H and O–H groups in total. The van der Waals surface area contributed by atoms with E-state index in [2.05, 4.69) is 30.7 Å². The minimum atomic E-state index is 0.251. The van der Waals surface area contributed by atoms with Crippen LogP contribution in [0.25, 0.3) is 0 Å². The van der Waals surface area contributed by atoms with Crippen LogP contribution < -0.4 is 15.4 Å². The minimum Gasteiger partial charge on any atom is -0.477 e. The van der Waals surface area contributed by atoms with E-state index in [1.807, 2.05) is 16.8 Å². The van der Waals surface area contributed by atoms with Crippen LogP contribution in [0.4, 0.5) is 0 Å². The van der Waals surface area contributed by atoms with Gasteiger partial charge in [-0.3, -0.25) is 4.99 Å². The van der Waals surface area contributed by atoms with Gasteiger partial charge in [0.1, 0.15) is 12.4 Å². The lowest BCUT2D eigenvalue weighted by Crippen LogP contribution is -2.46. The molecule has 1 saturated carbocycles. The zero-order chi connectivity index (χ0) is 20.1. The van der Waals surface area contributed by atoms with Gasteiger partial charge in [0.25, 0.3) is 0 Å². The first-order chi connectivity index (χ1) is 14.2. The number of ether oxygens (including phenoxy) is 2. The van der Waals surface area contributed by atoms with Gasteiger partial charge >= 0.3 is 0 Å². The predicted molar refractivity (Wildman–Crippen MR) is 109 cm³/mol. The summed E-state index contributed by atoms with van der Waals surface area (Å²) in [5.41, 5.74) is 1.11. The Balaban J connectivity index is 1.28. The highest BCUT2D eigenvalue weighted by molar-refractivity contribution is 5.79. The molecule has 9 nitrogen and oxygen atoms in total. The summed E-state index contributed by atoms with van der Waals surface area (Å²) >= 11 is 0. The molecular formula is C20H29N7O2. The molecule has 0 radical (unpaired) electrons. The Morgan fingerprint density at radius 3 is 3.03 bits per heavy atom. The summed E-state index contributed by atoms with van der Waals surface area (Å²) < 4.78 is 12.9. The third-order valence-electron chi connectivity index (χ3n) is 5.16. The largest absolute Gasteiger partial charge is 0.477 e. The van der Waals surface area contributed by atoms with Crippen molar-refractivity contribution in [2.24, 2.45) is 10.9 Å². The van der Waals surface area contributed by atoms with E-state index in [1.54, 1.807) is 20.4 Å². The summed E-state index contributed by atoms with van der Waals surface area (Å²) in [6.07, 6.45) is 6.21. The van der Waals surface area contributed by atoms with Crippen molar-refractivity contribution in [3.05, 3.63) is 35.5 Å². The number of aromatic nitrogens is 4. The van der Waals surface area contributed by atoms with Crippen molar-refractivity contribution in [1.82, 2.24) is 30.4 Å². The van der Waals surface area contributed by atoms with E-state index in [-0.39, 0.29) is 6.04 Å². The normalized spacial score (nSPS) is 19.0. The Hall–Kier alpha value is -2.68. The van der Waals surface area contributed by atoms with E-state index in [0.717, 1.165) is 49.2 Å². The van der Waals surface area contributed by atoms with Crippen LogP contribution in [0.1, 0.15) is 36.5 Å². The van der Waals surface area contributed by atoms with E-state index < -0.39 is 0 Å². The number of guanidine groups is 1. The third-order valence-corrected chi connectivity index (χ3v) is 5.16. The maximum Gasteiger partial charge on any atom is 0.213 e. The molecular weight excluding hydrogens is 370 g/mol. The average molecular weight is 399 g/mol. The summed E-state index contributed by atoms with van der Waals surface area (Å²) in [6.45, 7) is 2.63. The standard InChI is InChI=1S/C20H29N7O2/c1-21-20(23-10-15-7-8-22-19(9-15)29-12-14-3-4-14)24-16-5-6-18-25-17(13-28-2)26-27(18)11-16/h7-9,14,16H,3-6,10-13H2,1-2H3,(H2,21,23,24). The smallest absolute Gasteiger partial charge is 0.213 e. The summed E-state index contributed by atoms with van der Waals surface area (Å²) in [7, 11) is 3.44. The van der Waals surface area contributed by atoms with Gasteiger partial charge in [0.05, 0.1) is 13.2 Å². The highest BCUT2D eigenvalue weighted by Crippen LogP contribution is 2.29. The lowest BCUT2D eigenvalue weighted by Gasteiger charge is -2.25. The highest BCUT2D eigenvalue weighted by atomic mass is 16.5. The van der Waals surface area contributed by atoms with Gasteiger partial charge in [-0.05, 0) is 36.8 Å². The Kier molecular flexibility index (Phi) is 6.24. The molecule has 1 atom stereocenters. The number of aryl methyl sites for hydroxylation is 1. The number of methoxy groups -OCH3 is 1. The second kappa shape index (κ2) is 9.21. The highest BCUT2D eigenvalue weighted by Gasteiger charge is 2.23. The van der Waals surface area contributed by atoms with Gasteiger partial charge in [-0.1, -0.05) is 0 Å². The number of pyridine rings is 1. The molecule has 156 valence electrons. The van der Waals surface area contributed by atoms with Gasteiger partial charge < -0.3 is 20.1 Å². The Bertz CT molecular complexity index is 847. The van der Waals surface area contributed by atoms with Crippen molar-refractivity contribution in [2.45, 2.75) is 51.4 Å². The summed E-state index contributed by atoms with van der Waals surface area (Å²) in [4.78, 5) is 13.2. The van der Waals surface area contributed by atoms with E-state index in [0.29, 0.717) is 24.9 Å². The van der Waals surface area contributed by atoms with Gasteiger partial charge in [0, 0.05) is 45.4 Å². The number of hydrogen-bond donors (Lipinski definition) is 2. The maximum atomic E-state index is 5.77. The van der Waals surface area contributed by atoms with Crippen LogP contribution in [0.3, 0.4) is 0 Å². The molecule has 2 aromatic rings. The van der Waals surface area contributed by atoms with Crippen molar-refractivity contribution >= 4 is 5.96 Å². The second-order valence-electron chi connectivity index (χ2n) is 7.62. The van der Waals surface area contributed by atoms with E-state index >= 15 is 0 Å². The van der Waals surface area contributed by atoms with Crippen molar-refractivity contribution in [3.8, 4) is 5.88 Å². The SMILES string of the molecule is CN=C(NCc1ccnc(OCC2CC2)c1)NC1CCc2nc(COC)nn2C1. The van der Waals surface area contributed by atoms with Crippen LogP contribution in [0.5, 0.6) is 5.88 Å². The molecule has 9 heteroatoms. The Morgan fingerprint density at radius 1 is 1.34 bits per heavy atom. The molecule has 29 heavy (non-hydrogen) atoms. The fraction of sp³-hybridized carbons (Fsp3) is 0.600. The van der Waals surface area contributed by atoms with Crippen LogP contribution in [-0.2, 0) is 30.9 Å². The summed E-state index contributed by atoms with van der Waals surface area (Å²) in [6, 6.07) is 4.23. The molecule has 3 heterocycles. The lowest BCUT2D eigenvalue weighted by molar-refractivity contribution is 0.177. The molecule has 1 aliphatic heterocycles. The fourth-order valence-electron chi connectivity index (χ4n) is 3.37. The van der Waals surface area contributed by atoms with Crippen LogP contribution in [-0.4, -0.2) is 52.5 Å². The fourth-order valence-corrected chi connectivity index (χ4v) is 3.37. The first kappa shape index (κ1) is 19.6. The van der Waals surface area contributed by atoms with E-state index in [1.165, 1.54) is 12.8 Å². The molecule has 2 aromatic heterocycles. The molecule has 0 amide bonds. The van der Waals surface area contributed by atoms with Gasteiger partial charge in [0.2, 0.25) is 5.88 Å². The minimum absolute atomic E-state index is 0.251. The lowest BCUT2D eigenvalue weighted by atomic mass is 10.1. The van der Waals surface area contributed by atoms with Crippen LogP contribution in [0.15, 0.2) is 23.3 Å². The molecule has 1 fully saturated rings. The molecule has 1 unspecified atom stereocenters. The quantitative estimate of drug-likeness (QED) is 0.510. The zero-order valence-electron chi connectivity index (χ0n) is 17.1. The number of fused-ring (bicyclic) bond motifs is 1. The predicted octanol–water partition coefficient (Wildman–Crippen LogP) is 1.29. The van der Waals surface area contributed by atoms with Crippen molar-refractivity contribution in [3.63, 3.8) is 0 Å². The van der Waals surface area contributed by atoms with Crippen LogP contribution in [0, 0.1) is 5.92 Å². The van der Waals surface area contributed by atoms with Crippen molar-refractivity contribution in [2.75, 3.05) is 20.8 Å². The van der Waals surface area contributed by atoms with Gasteiger partial charge in [0.15, 0.2) is 11.8 Å². The number of nitrogens with zero attached hydrogens (tertiary/aromatic N) is 5. The average Bonchev–Trinajstić information content (AvgIpc) is 3.48. The van der Waals surface area contributed by atoms with E-state index in [9.17, 15) is 0 Å². The van der Waals surface area contributed by atoms with Gasteiger partial charge in [-0.15, -0.1) is 0 Å². The molecule has 1 aliphatic carbocycles. The van der Waals surface area contributed by atoms with Gasteiger partial charge in [-0.25, -0.2) is 14.6 Å².